The van der Waals surface area contributed by atoms with Crippen LogP contribution in [0, 0.1) is 0 Å². The van der Waals surface area contributed by atoms with E-state index >= 15 is 0 Å². The Hall–Kier alpha value is -2.60. The average molecular weight is 325 g/mol. The van der Waals surface area contributed by atoms with Crippen molar-refractivity contribution < 1.29 is 14.6 Å². The molecule has 124 valence electrons. The number of rotatable bonds is 4. The zero-order valence-electron chi connectivity index (χ0n) is 13.3. The van der Waals surface area contributed by atoms with Gasteiger partial charge in [0.15, 0.2) is 11.5 Å². The Bertz CT molecular complexity index is 740. The number of aliphatic hydroxyl groups is 1. The maximum atomic E-state index is 10.6. The molecule has 2 aliphatic rings. The quantitative estimate of drug-likeness (QED) is 0.872. The van der Waals surface area contributed by atoms with E-state index in [2.05, 4.69) is 10.3 Å². The van der Waals surface area contributed by atoms with Crippen molar-refractivity contribution in [1.82, 2.24) is 5.01 Å². The molecule has 1 saturated heterocycles. The Morgan fingerprint density at radius 3 is 2.42 bits per heavy atom. The van der Waals surface area contributed by atoms with Crippen LogP contribution in [0.25, 0.3) is 0 Å². The van der Waals surface area contributed by atoms with E-state index in [1.54, 1.807) is 0 Å². The van der Waals surface area contributed by atoms with E-state index in [-0.39, 0.29) is 6.79 Å². The highest BCUT2D eigenvalue weighted by Crippen LogP contribution is 2.35. The summed E-state index contributed by atoms with van der Waals surface area (Å²) in [6.07, 6.45) is 1.64. The molecule has 0 saturated carbocycles. The van der Waals surface area contributed by atoms with Crippen LogP contribution in [0.5, 0.6) is 11.5 Å². The minimum Gasteiger partial charge on any atom is -0.454 e. The molecule has 0 bridgehead atoms. The number of fused-ring (bicyclic) bond motifs is 1. The molecule has 0 aliphatic carbocycles. The number of nitrogens with zero attached hydrogens (tertiary/aromatic N) is 3. The van der Waals surface area contributed by atoms with E-state index in [0.717, 1.165) is 29.9 Å². The molecule has 4 rings (SSSR count). The van der Waals surface area contributed by atoms with E-state index in [4.69, 9.17) is 9.47 Å². The minimum atomic E-state index is -0.718. The van der Waals surface area contributed by atoms with Gasteiger partial charge in [-0.1, -0.05) is 23.4 Å². The van der Waals surface area contributed by atoms with Gasteiger partial charge in [-0.05, 0) is 48.2 Å². The summed E-state index contributed by atoms with van der Waals surface area (Å²) in [4.78, 5) is 0. The molecule has 1 fully saturated rings. The van der Waals surface area contributed by atoms with Crippen LogP contribution >= 0.6 is 0 Å². The predicted octanol–water partition coefficient (Wildman–Crippen LogP) is 3.59. The molecule has 1 unspecified atom stereocenters. The zero-order valence-corrected chi connectivity index (χ0v) is 13.3. The number of benzene rings is 2. The van der Waals surface area contributed by atoms with Crippen LogP contribution in [0.1, 0.15) is 30.1 Å². The van der Waals surface area contributed by atoms with E-state index in [1.807, 2.05) is 47.5 Å². The summed E-state index contributed by atoms with van der Waals surface area (Å²) < 4.78 is 10.7. The van der Waals surface area contributed by atoms with Crippen molar-refractivity contribution in [3.8, 4) is 11.5 Å². The molecule has 1 atom stereocenters. The molecular weight excluding hydrogens is 306 g/mol. The monoisotopic (exact) mass is 325 g/mol. The smallest absolute Gasteiger partial charge is 0.231 e. The van der Waals surface area contributed by atoms with Crippen LogP contribution in [0.2, 0.25) is 0 Å². The van der Waals surface area contributed by atoms with Crippen molar-refractivity contribution in [1.29, 1.82) is 0 Å². The van der Waals surface area contributed by atoms with Gasteiger partial charge in [-0.25, -0.2) is 0 Å². The van der Waals surface area contributed by atoms with E-state index < -0.39 is 6.10 Å². The maximum absolute atomic E-state index is 10.6. The molecule has 6 nitrogen and oxygen atoms in total. The van der Waals surface area contributed by atoms with Gasteiger partial charge in [0, 0.05) is 13.1 Å². The summed E-state index contributed by atoms with van der Waals surface area (Å²) in [6.45, 7) is 2.18. The SMILES string of the molecule is OC(c1ccc(N=NN2CCCC2)cc1)c1ccc2c(c1)OCO2. The third kappa shape index (κ3) is 3.05. The van der Waals surface area contributed by atoms with Crippen molar-refractivity contribution in [2.75, 3.05) is 19.9 Å². The molecule has 24 heavy (non-hydrogen) atoms. The maximum Gasteiger partial charge on any atom is 0.231 e. The van der Waals surface area contributed by atoms with Crippen LogP contribution in [0.4, 0.5) is 5.69 Å². The molecule has 6 heteroatoms. The van der Waals surface area contributed by atoms with Gasteiger partial charge >= 0.3 is 0 Å². The lowest BCUT2D eigenvalue weighted by molar-refractivity contribution is 0.173. The fourth-order valence-electron chi connectivity index (χ4n) is 2.90. The molecule has 2 aromatic rings. The standard InChI is InChI=1S/C18H19N3O3/c22-18(14-5-8-16-17(11-14)24-12-23-16)13-3-6-15(7-4-13)19-20-21-9-1-2-10-21/h3-8,11,18,22H,1-2,9-10,12H2. The van der Waals surface area contributed by atoms with Gasteiger partial charge in [0.2, 0.25) is 6.79 Å². The first-order valence-electron chi connectivity index (χ1n) is 8.14. The molecule has 0 aromatic heterocycles. The normalized spacial score (nSPS) is 17.6. The Kier molecular flexibility index (Phi) is 4.04. The van der Waals surface area contributed by atoms with Gasteiger partial charge < -0.3 is 14.6 Å². The Morgan fingerprint density at radius 2 is 1.62 bits per heavy atom. The van der Waals surface area contributed by atoms with Crippen molar-refractivity contribution in [3.63, 3.8) is 0 Å². The van der Waals surface area contributed by atoms with Crippen LogP contribution in [0.3, 0.4) is 0 Å². The first kappa shape index (κ1) is 15.0. The predicted molar refractivity (Wildman–Crippen MR) is 88.4 cm³/mol. The van der Waals surface area contributed by atoms with E-state index in [9.17, 15) is 5.11 Å². The topological polar surface area (TPSA) is 66.7 Å². The van der Waals surface area contributed by atoms with Crippen molar-refractivity contribution in [2.45, 2.75) is 18.9 Å². The van der Waals surface area contributed by atoms with Crippen LogP contribution in [-0.4, -0.2) is 30.0 Å². The van der Waals surface area contributed by atoms with Crippen LogP contribution in [0.15, 0.2) is 52.8 Å². The van der Waals surface area contributed by atoms with Gasteiger partial charge in [-0.15, -0.1) is 5.11 Å². The van der Waals surface area contributed by atoms with Gasteiger partial charge in [-0.2, -0.15) is 0 Å². The lowest BCUT2D eigenvalue weighted by Crippen LogP contribution is -2.09. The third-order valence-corrected chi connectivity index (χ3v) is 4.29. The van der Waals surface area contributed by atoms with Crippen LogP contribution < -0.4 is 9.47 Å². The summed E-state index contributed by atoms with van der Waals surface area (Å²) >= 11 is 0. The number of hydrogen-bond donors (Lipinski definition) is 1. The highest BCUT2D eigenvalue weighted by Gasteiger charge is 2.17. The lowest BCUT2D eigenvalue weighted by Gasteiger charge is -2.12. The van der Waals surface area contributed by atoms with Gasteiger partial charge in [0.05, 0.1) is 5.69 Å². The van der Waals surface area contributed by atoms with Crippen molar-refractivity contribution >= 4 is 5.69 Å². The number of hydrogen-bond acceptors (Lipinski definition) is 5. The highest BCUT2D eigenvalue weighted by molar-refractivity contribution is 5.47. The summed E-state index contributed by atoms with van der Waals surface area (Å²) in [5.41, 5.74) is 2.35. The molecule has 2 heterocycles. The molecule has 0 radical (unpaired) electrons. The fraction of sp³-hybridized carbons (Fsp3) is 0.333. The van der Waals surface area contributed by atoms with Gasteiger partial charge in [-0.3, -0.25) is 5.01 Å². The average Bonchev–Trinajstić information content (AvgIpc) is 3.30. The Labute approximate surface area is 140 Å². The van der Waals surface area contributed by atoms with Gasteiger partial charge in [0.25, 0.3) is 0 Å². The molecule has 0 spiro atoms. The summed E-state index contributed by atoms with van der Waals surface area (Å²) in [6, 6.07) is 12.9. The second-order valence-electron chi connectivity index (χ2n) is 5.96. The summed E-state index contributed by atoms with van der Waals surface area (Å²) in [5, 5.41) is 21.0. The van der Waals surface area contributed by atoms with Gasteiger partial charge in [0.1, 0.15) is 6.10 Å². The number of aliphatic hydroxyl groups excluding tert-OH is 1. The largest absolute Gasteiger partial charge is 0.454 e. The number of ether oxygens (including phenoxy) is 2. The molecule has 2 aliphatic heterocycles. The van der Waals surface area contributed by atoms with Crippen molar-refractivity contribution in [2.24, 2.45) is 10.3 Å². The Balaban J connectivity index is 1.47. The fourth-order valence-corrected chi connectivity index (χ4v) is 2.90. The summed E-state index contributed by atoms with van der Waals surface area (Å²) in [7, 11) is 0. The van der Waals surface area contributed by atoms with E-state index in [0.29, 0.717) is 11.5 Å². The molecular formula is C18H19N3O3. The third-order valence-electron chi connectivity index (χ3n) is 4.29. The second-order valence-corrected chi connectivity index (χ2v) is 5.96. The molecule has 1 N–H and O–H groups in total. The van der Waals surface area contributed by atoms with Crippen molar-refractivity contribution in [3.05, 3.63) is 53.6 Å². The Morgan fingerprint density at radius 1 is 0.917 bits per heavy atom. The highest BCUT2D eigenvalue weighted by atomic mass is 16.7. The summed E-state index contributed by atoms with van der Waals surface area (Å²) in [5.74, 6) is 1.38. The molecule has 0 amide bonds. The zero-order chi connectivity index (χ0) is 16.4. The first-order valence-corrected chi connectivity index (χ1v) is 8.14. The second kappa shape index (κ2) is 6.49. The minimum absolute atomic E-state index is 0.228. The van der Waals surface area contributed by atoms with Crippen LogP contribution in [-0.2, 0) is 0 Å². The first-order chi connectivity index (χ1) is 11.8. The lowest BCUT2D eigenvalue weighted by atomic mass is 10.0. The molecule has 2 aromatic carbocycles. The van der Waals surface area contributed by atoms with E-state index in [1.165, 1.54) is 12.8 Å².